The molecule has 0 aliphatic heterocycles. The van der Waals surface area contributed by atoms with Crippen LogP contribution in [0.2, 0.25) is 0 Å². The van der Waals surface area contributed by atoms with Crippen LogP contribution in [0.4, 0.5) is 0 Å². The van der Waals surface area contributed by atoms with Crippen LogP contribution in [0.15, 0.2) is 16.6 Å². The summed E-state index contributed by atoms with van der Waals surface area (Å²) in [5.41, 5.74) is 2.77. The molecule has 1 aliphatic rings. The van der Waals surface area contributed by atoms with Gasteiger partial charge in [-0.15, -0.1) is 0 Å². The first-order chi connectivity index (χ1) is 8.19. The van der Waals surface area contributed by atoms with E-state index in [-0.39, 0.29) is 0 Å². The molecular formula is C14H20BrNO. The molecule has 0 fully saturated rings. The summed E-state index contributed by atoms with van der Waals surface area (Å²) >= 11 is 3.69. The number of ether oxygens (including phenoxy) is 1. The molecule has 0 heterocycles. The van der Waals surface area contributed by atoms with Crippen LogP contribution in [-0.2, 0) is 0 Å². The zero-order valence-corrected chi connectivity index (χ0v) is 12.3. The Balaban J connectivity index is 2.52. The van der Waals surface area contributed by atoms with Crippen LogP contribution in [0.1, 0.15) is 49.8 Å². The van der Waals surface area contributed by atoms with E-state index in [2.05, 4.69) is 47.2 Å². The lowest BCUT2D eigenvalue weighted by molar-refractivity contribution is 0.384. The lowest BCUT2D eigenvalue weighted by Crippen LogP contribution is -2.26. The minimum absolute atomic E-state index is 0.454. The molecule has 1 aromatic carbocycles. The number of halogens is 1. The van der Waals surface area contributed by atoms with Crippen LogP contribution < -0.4 is 10.1 Å². The Morgan fingerprint density at radius 2 is 2.12 bits per heavy atom. The summed E-state index contributed by atoms with van der Waals surface area (Å²) in [6, 6.07) is 4.61. The van der Waals surface area contributed by atoms with Crippen molar-refractivity contribution in [2.45, 2.75) is 38.6 Å². The van der Waals surface area contributed by atoms with Crippen LogP contribution >= 0.6 is 15.9 Å². The number of benzene rings is 1. The number of hydrogen-bond acceptors (Lipinski definition) is 2. The monoisotopic (exact) mass is 297 g/mol. The summed E-state index contributed by atoms with van der Waals surface area (Å²) in [5.74, 6) is 1.60. The van der Waals surface area contributed by atoms with E-state index >= 15 is 0 Å². The summed E-state index contributed by atoms with van der Waals surface area (Å²) in [4.78, 5) is 0. The maximum absolute atomic E-state index is 5.52. The van der Waals surface area contributed by atoms with E-state index in [0.717, 1.165) is 12.3 Å². The molecule has 3 heteroatoms. The van der Waals surface area contributed by atoms with Crippen molar-refractivity contribution in [3.63, 3.8) is 0 Å². The van der Waals surface area contributed by atoms with Gasteiger partial charge in [0.1, 0.15) is 5.75 Å². The Morgan fingerprint density at radius 1 is 1.35 bits per heavy atom. The molecule has 17 heavy (non-hydrogen) atoms. The van der Waals surface area contributed by atoms with Crippen LogP contribution in [-0.4, -0.2) is 13.7 Å². The van der Waals surface area contributed by atoms with E-state index in [1.54, 1.807) is 7.11 Å². The average molecular weight is 298 g/mol. The van der Waals surface area contributed by atoms with Crippen LogP contribution in [0.3, 0.4) is 0 Å². The van der Waals surface area contributed by atoms with Gasteiger partial charge in [-0.1, -0.05) is 29.8 Å². The minimum Gasteiger partial charge on any atom is -0.496 e. The Kier molecular flexibility index (Phi) is 4.10. The summed E-state index contributed by atoms with van der Waals surface area (Å²) in [6.45, 7) is 5.45. The molecule has 2 unspecified atom stereocenters. The van der Waals surface area contributed by atoms with Gasteiger partial charge in [-0.25, -0.2) is 0 Å². The molecule has 0 aromatic heterocycles. The molecule has 1 N–H and O–H groups in total. The van der Waals surface area contributed by atoms with E-state index in [9.17, 15) is 0 Å². The number of fused-ring (bicyclic) bond motifs is 1. The van der Waals surface area contributed by atoms with Crippen molar-refractivity contribution in [3.05, 3.63) is 27.7 Å². The molecule has 1 aliphatic carbocycles. The molecule has 0 spiro atoms. The third-order valence-electron chi connectivity index (χ3n) is 3.59. The largest absolute Gasteiger partial charge is 0.496 e. The number of methoxy groups -OCH3 is 1. The van der Waals surface area contributed by atoms with Crippen molar-refractivity contribution in [2.75, 3.05) is 13.7 Å². The molecule has 0 saturated heterocycles. The molecule has 0 amide bonds. The average Bonchev–Trinajstić information content (AvgIpc) is 2.33. The van der Waals surface area contributed by atoms with Gasteiger partial charge < -0.3 is 10.1 Å². The third-order valence-corrected chi connectivity index (χ3v) is 4.29. The Hall–Kier alpha value is -0.540. The standard InChI is InChI=1S/C14H20BrNO/c1-4-16-11-7-5-9(2)13-12(17-3)8-6-10(15)14(11)13/h6,8-9,11,16H,4-5,7H2,1-3H3. The lowest BCUT2D eigenvalue weighted by atomic mass is 9.80. The number of rotatable bonds is 3. The van der Waals surface area contributed by atoms with E-state index in [1.807, 2.05) is 0 Å². The highest BCUT2D eigenvalue weighted by atomic mass is 79.9. The van der Waals surface area contributed by atoms with E-state index < -0.39 is 0 Å². The first kappa shape index (κ1) is 12.9. The van der Waals surface area contributed by atoms with Gasteiger partial charge in [-0.05, 0) is 43.0 Å². The van der Waals surface area contributed by atoms with Crippen molar-refractivity contribution in [1.29, 1.82) is 0 Å². The first-order valence-corrected chi connectivity index (χ1v) is 7.08. The van der Waals surface area contributed by atoms with Gasteiger partial charge in [0.15, 0.2) is 0 Å². The molecule has 94 valence electrons. The molecule has 2 atom stereocenters. The van der Waals surface area contributed by atoms with Gasteiger partial charge in [0.05, 0.1) is 7.11 Å². The maximum atomic E-state index is 5.52. The van der Waals surface area contributed by atoms with Gasteiger partial charge in [0, 0.05) is 16.1 Å². The van der Waals surface area contributed by atoms with Crippen molar-refractivity contribution in [3.8, 4) is 5.75 Å². The topological polar surface area (TPSA) is 21.3 Å². The summed E-state index contributed by atoms with van der Waals surface area (Å²) < 4.78 is 6.72. The Bertz CT molecular complexity index is 405. The molecule has 0 saturated carbocycles. The SMILES string of the molecule is CCNC1CCC(C)c2c(OC)ccc(Br)c21. The second-order valence-electron chi connectivity index (χ2n) is 4.67. The molecule has 2 rings (SSSR count). The number of nitrogens with one attached hydrogen (secondary N) is 1. The van der Waals surface area contributed by atoms with E-state index in [0.29, 0.717) is 12.0 Å². The molecular weight excluding hydrogens is 278 g/mol. The Morgan fingerprint density at radius 3 is 2.76 bits per heavy atom. The first-order valence-electron chi connectivity index (χ1n) is 6.28. The predicted molar refractivity (Wildman–Crippen MR) is 74.8 cm³/mol. The second-order valence-corrected chi connectivity index (χ2v) is 5.52. The van der Waals surface area contributed by atoms with E-state index in [1.165, 1.54) is 28.4 Å². The summed E-state index contributed by atoms with van der Waals surface area (Å²) in [7, 11) is 1.76. The fourth-order valence-electron chi connectivity index (χ4n) is 2.79. The normalized spacial score (nSPS) is 23.3. The van der Waals surface area contributed by atoms with Crippen molar-refractivity contribution in [2.24, 2.45) is 0 Å². The Labute approximate surface area is 112 Å². The fraction of sp³-hybridized carbons (Fsp3) is 0.571. The quantitative estimate of drug-likeness (QED) is 0.910. The third kappa shape index (κ3) is 2.36. The lowest BCUT2D eigenvalue weighted by Gasteiger charge is -2.32. The summed E-state index contributed by atoms with van der Waals surface area (Å²) in [5, 5.41) is 3.57. The molecule has 2 nitrogen and oxygen atoms in total. The van der Waals surface area contributed by atoms with Gasteiger partial charge in [-0.3, -0.25) is 0 Å². The van der Waals surface area contributed by atoms with E-state index in [4.69, 9.17) is 4.74 Å². The highest BCUT2D eigenvalue weighted by molar-refractivity contribution is 9.10. The minimum atomic E-state index is 0.454. The second kappa shape index (κ2) is 5.40. The highest BCUT2D eigenvalue weighted by Crippen LogP contribution is 2.45. The molecule has 0 bridgehead atoms. The highest BCUT2D eigenvalue weighted by Gasteiger charge is 2.28. The molecule has 0 radical (unpaired) electrons. The van der Waals surface area contributed by atoms with Crippen molar-refractivity contribution < 1.29 is 4.74 Å². The fourth-order valence-corrected chi connectivity index (χ4v) is 3.41. The molecule has 1 aromatic rings. The van der Waals surface area contributed by atoms with Gasteiger partial charge in [0.25, 0.3) is 0 Å². The van der Waals surface area contributed by atoms with Gasteiger partial charge in [0.2, 0.25) is 0 Å². The predicted octanol–water partition coefficient (Wildman–Crippen LogP) is 4.01. The van der Waals surface area contributed by atoms with Crippen molar-refractivity contribution >= 4 is 15.9 Å². The van der Waals surface area contributed by atoms with Crippen LogP contribution in [0.25, 0.3) is 0 Å². The zero-order chi connectivity index (χ0) is 12.4. The van der Waals surface area contributed by atoms with Crippen LogP contribution in [0, 0.1) is 0 Å². The van der Waals surface area contributed by atoms with Crippen molar-refractivity contribution in [1.82, 2.24) is 5.32 Å². The van der Waals surface area contributed by atoms with Gasteiger partial charge >= 0.3 is 0 Å². The summed E-state index contributed by atoms with van der Waals surface area (Å²) in [6.07, 6.45) is 2.42. The van der Waals surface area contributed by atoms with Crippen LogP contribution in [0.5, 0.6) is 5.75 Å². The maximum Gasteiger partial charge on any atom is 0.122 e. The van der Waals surface area contributed by atoms with Gasteiger partial charge in [-0.2, -0.15) is 0 Å². The smallest absolute Gasteiger partial charge is 0.122 e. The number of hydrogen-bond donors (Lipinski definition) is 1. The zero-order valence-electron chi connectivity index (χ0n) is 10.7.